The second-order valence-corrected chi connectivity index (χ2v) is 4.63. The molecule has 0 atom stereocenters. The summed E-state index contributed by atoms with van der Waals surface area (Å²) in [5.41, 5.74) is 0. The lowest BCUT2D eigenvalue weighted by Gasteiger charge is -2.06. The molecular weight excluding hydrogens is 256 g/mol. The van der Waals surface area contributed by atoms with Gasteiger partial charge in [-0.3, -0.25) is 10.1 Å². The van der Waals surface area contributed by atoms with Gasteiger partial charge in [0, 0.05) is 4.88 Å². The third-order valence-corrected chi connectivity index (χ3v) is 3.10. The first-order chi connectivity index (χ1) is 8.25. The minimum absolute atomic E-state index is 0.241. The van der Waals surface area contributed by atoms with Crippen molar-refractivity contribution in [2.24, 2.45) is 0 Å². The zero-order valence-electron chi connectivity index (χ0n) is 8.80. The van der Waals surface area contributed by atoms with Gasteiger partial charge >= 0.3 is 0 Å². The van der Waals surface area contributed by atoms with Crippen molar-refractivity contribution in [1.29, 1.82) is 0 Å². The molecule has 2 aromatic heterocycles. The summed E-state index contributed by atoms with van der Waals surface area (Å²) in [5, 5.41) is 7.76. The number of carbonyl (C=O) groups is 1. The Morgan fingerprint density at radius 3 is 2.94 bits per heavy atom. The van der Waals surface area contributed by atoms with Crippen LogP contribution in [0, 0.1) is 0 Å². The molecule has 2 heterocycles. The monoisotopic (exact) mass is 266 g/mol. The highest BCUT2D eigenvalue weighted by Crippen LogP contribution is 2.07. The van der Waals surface area contributed by atoms with E-state index in [1.54, 1.807) is 23.5 Å². The van der Waals surface area contributed by atoms with Crippen LogP contribution in [-0.2, 0) is 6.54 Å². The van der Waals surface area contributed by atoms with Crippen LogP contribution in [0.2, 0.25) is 0 Å². The molecule has 1 amide bonds. The van der Waals surface area contributed by atoms with Crippen LogP contribution < -0.4 is 10.6 Å². The summed E-state index contributed by atoms with van der Waals surface area (Å²) in [6, 6.07) is 7.19. The smallest absolute Gasteiger partial charge is 0.293 e. The molecule has 2 rings (SSSR count). The SMILES string of the molecule is O=C(NC(=S)NCc1cccs1)c1ccco1. The van der Waals surface area contributed by atoms with Crippen molar-refractivity contribution < 1.29 is 9.21 Å². The number of thiocarbonyl (C=S) groups is 1. The van der Waals surface area contributed by atoms with Crippen LogP contribution in [0.15, 0.2) is 40.3 Å². The van der Waals surface area contributed by atoms with Crippen LogP contribution in [0.25, 0.3) is 0 Å². The first-order valence-corrected chi connectivity index (χ1v) is 6.19. The summed E-state index contributed by atoms with van der Waals surface area (Å²) in [5.74, 6) is -0.107. The standard InChI is InChI=1S/C11H10N2O2S2/c14-10(9-4-1-5-15-9)13-11(16)12-7-8-3-2-6-17-8/h1-6H,7H2,(H2,12,13,14,16). The molecule has 4 nitrogen and oxygen atoms in total. The average molecular weight is 266 g/mol. The molecule has 0 aliphatic rings. The highest BCUT2D eigenvalue weighted by molar-refractivity contribution is 7.80. The van der Waals surface area contributed by atoms with E-state index in [9.17, 15) is 4.79 Å². The molecule has 6 heteroatoms. The van der Waals surface area contributed by atoms with Gasteiger partial charge in [-0.15, -0.1) is 11.3 Å². The van der Waals surface area contributed by atoms with Gasteiger partial charge in [-0.25, -0.2) is 0 Å². The van der Waals surface area contributed by atoms with Crippen LogP contribution in [0.1, 0.15) is 15.4 Å². The number of amides is 1. The van der Waals surface area contributed by atoms with Crippen molar-refractivity contribution in [2.45, 2.75) is 6.54 Å². The van der Waals surface area contributed by atoms with E-state index in [0.29, 0.717) is 11.7 Å². The van der Waals surface area contributed by atoms with E-state index >= 15 is 0 Å². The quantitative estimate of drug-likeness (QED) is 0.836. The second kappa shape index (κ2) is 5.60. The maximum atomic E-state index is 11.5. The highest BCUT2D eigenvalue weighted by Gasteiger charge is 2.09. The van der Waals surface area contributed by atoms with Gasteiger partial charge in [-0.05, 0) is 35.8 Å². The van der Waals surface area contributed by atoms with E-state index in [1.807, 2.05) is 17.5 Å². The third kappa shape index (κ3) is 3.40. The zero-order valence-corrected chi connectivity index (χ0v) is 10.4. The van der Waals surface area contributed by atoms with Gasteiger partial charge in [0.25, 0.3) is 5.91 Å². The number of hydrogen-bond donors (Lipinski definition) is 2. The predicted octanol–water partition coefficient (Wildman–Crippen LogP) is 2.15. The summed E-state index contributed by atoms with van der Waals surface area (Å²) in [7, 11) is 0. The number of carbonyl (C=O) groups excluding carboxylic acids is 1. The van der Waals surface area contributed by atoms with Crippen molar-refractivity contribution in [2.75, 3.05) is 0 Å². The fraction of sp³-hybridized carbons (Fsp3) is 0.0909. The topological polar surface area (TPSA) is 54.3 Å². The predicted molar refractivity (Wildman–Crippen MR) is 69.9 cm³/mol. The normalized spacial score (nSPS) is 9.88. The molecule has 0 bridgehead atoms. The Balaban J connectivity index is 1.80. The van der Waals surface area contributed by atoms with Crippen LogP contribution in [0.3, 0.4) is 0 Å². The van der Waals surface area contributed by atoms with E-state index in [-0.39, 0.29) is 11.7 Å². The number of rotatable bonds is 3. The molecule has 0 aromatic carbocycles. The van der Waals surface area contributed by atoms with Gasteiger partial charge < -0.3 is 9.73 Å². The zero-order chi connectivity index (χ0) is 12.1. The summed E-state index contributed by atoms with van der Waals surface area (Å²) in [6.45, 7) is 0.606. The van der Waals surface area contributed by atoms with Gasteiger partial charge in [0.2, 0.25) is 0 Å². The van der Waals surface area contributed by atoms with E-state index < -0.39 is 0 Å². The first kappa shape index (κ1) is 11.8. The van der Waals surface area contributed by atoms with Crippen molar-refractivity contribution in [3.05, 3.63) is 46.5 Å². The molecular formula is C11H10N2O2S2. The lowest BCUT2D eigenvalue weighted by atomic mass is 10.4. The molecule has 2 aromatic rings. The first-order valence-electron chi connectivity index (χ1n) is 4.91. The van der Waals surface area contributed by atoms with Gasteiger partial charge in [-0.1, -0.05) is 6.07 Å². The number of nitrogens with one attached hydrogen (secondary N) is 2. The van der Waals surface area contributed by atoms with E-state index in [0.717, 1.165) is 4.88 Å². The summed E-state index contributed by atoms with van der Waals surface area (Å²) in [6.07, 6.45) is 1.44. The Morgan fingerprint density at radius 2 is 2.29 bits per heavy atom. The molecule has 0 aliphatic heterocycles. The fourth-order valence-corrected chi connectivity index (χ4v) is 2.01. The van der Waals surface area contributed by atoms with Gasteiger partial charge in [-0.2, -0.15) is 0 Å². The van der Waals surface area contributed by atoms with Gasteiger partial charge in [0.1, 0.15) is 0 Å². The Bertz CT molecular complexity index is 492. The molecule has 0 saturated heterocycles. The van der Waals surface area contributed by atoms with Crippen molar-refractivity contribution in [3.8, 4) is 0 Å². The molecule has 0 aliphatic carbocycles. The van der Waals surface area contributed by atoms with Crippen molar-refractivity contribution in [3.63, 3.8) is 0 Å². The molecule has 88 valence electrons. The lowest BCUT2D eigenvalue weighted by molar-refractivity contribution is 0.0949. The number of thiophene rings is 1. The summed E-state index contributed by atoms with van der Waals surface area (Å²) >= 11 is 6.63. The average Bonchev–Trinajstić information content (AvgIpc) is 2.99. The van der Waals surface area contributed by atoms with Gasteiger partial charge in [0.15, 0.2) is 10.9 Å². The molecule has 0 radical (unpaired) electrons. The molecule has 0 spiro atoms. The molecule has 0 unspecified atom stereocenters. The summed E-state index contributed by atoms with van der Waals surface area (Å²) in [4.78, 5) is 12.7. The highest BCUT2D eigenvalue weighted by atomic mass is 32.1. The molecule has 17 heavy (non-hydrogen) atoms. The molecule has 0 fully saturated rings. The second-order valence-electron chi connectivity index (χ2n) is 3.19. The fourth-order valence-electron chi connectivity index (χ4n) is 1.20. The van der Waals surface area contributed by atoms with Crippen LogP contribution in [-0.4, -0.2) is 11.0 Å². The van der Waals surface area contributed by atoms with Crippen LogP contribution in [0.4, 0.5) is 0 Å². The maximum absolute atomic E-state index is 11.5. The van der Waals surface area contributed by atoms with Crippen LogP contribution >= 0.6 is 23.6 Å². The summed E-state index contributed by atoms with van der Waals surface area (Å²) < 4.78 is 4.95. The Labute approximate surface area is 108 Å². The Morgan fingerprint density at radius 1 is 1.41 bits per heavy atom. The van der Waals surface area contributed by atoms with E-state index in [2.05, 4.69) is 10.6 Å². The van der Waals surface area contributed by atoms with E-state index in [4.69, 9.17) is 16.6 Å². The Hall–Kier alpha value is -1.66. The molecule has 2 N–H and O–H groups in total. The third-order valence-electron chi connectivity index (χ3n) is 1.98. The maximum Gasteiger partial charge on any atom is 0.293 e. The molecule has 0 saturated carbocycles. The van der Waals surface area contributed by atoms with Crippen molar-refractivity contribution in [1.82, 2.24) is 10.6 Å². The minimum atomic E-state index is -0.348. The van der Waals surface area contributed by atoms with Crippen LogP contribution in [0.5, 0.6) is 0 Å². The van der Waals surface area contributed by atoms with Gasteiger partial charge in [0.05, 0.1) is 12.8 Å². The lowest BCUT2D eigenvalue weighted by Crippen LogP contribution is -2.38. The largest absolute Gasteiger partial charge is 0.459 e. The number of furan rings is 1. The van der Waals surface area contributed by atoms with Crippen molar-refractivity contribution >= 4 is 34.6 Å². The van der Waals surface area contributed by atoms with E-state index in [1.165, 1.54) is 6.26 Å². The number of hydrogen-bond acceptors (Lipinski definition) is 4. The minimum Gasteiger partial charge on any atom is -0.459 e. The Kier molecular flexibility index (Phi) is 3.89.